The number of hydrogen-bond acceptors (Lipinski definition) is 5. The van der Waals surface area contributed by atoms with Gasteiger partial charge in [-0.1, -0.05) is 12.1 Å². The Kier molecular flexibility index (Phi) is 3.32. The fourth-order valence-electron chi connectivity index (χ4n) is 1.46. The summed E-state index contributed by atoms with van der Waals surface area (Å²) in [4.78, 5) is 1.80. The van der Waals surface area contributed by atoms with E-state index in [-0.39, 0.29) is 0 Å². The number of hydrogen-bond donors (Lipinski definition) is 1. The lowest BCUT2D eigenvalue weighted by atomic mass is 10.3. The van der Waals surface area contributed by atoms with Crippen LogP contribution in [0.25, 0.3) is 10.6 Å². The van der Waals surface area contributed by atoms with Crippen LogP contribution in [-0.4, -0.2) is 20.1 Å². The van der Waals surface area contributed by atoms with Crippen molar-refractivity contribution in [3.05, 3.63) is 23.2 Å². The number of rotatable bonds is 4. The second kappa shape index (κ2) is 4.59. The number of thiophene rings is 1. The van der Waals surface area contributed by atoms with E-state index in [0.29, 0.717) is 17.2 Å². The molecule has 0 saturated carbocycles. The summed E-state index contributed by atoms with van der Waals surface area (Å²) in [6.45, 7) is 3.89. The predicted octanol–water partition coefficient (Wildman–Crippen LogP) is 2.01. The summed E-state index contributed by atoms with van der Waals surface area (Å²) in [7, 11) is -3.41. The van der Waals surface area contributed by atoms with Gasteiger partial charge < -0.3 is 4.52 Å². The molecule has 0 radical (unpaired) electrons. The highest BCUT2D eigenvalue weighted by Crippen LogP contribution is 2.33. The third-order valence-corrected chi connectivity index (χ3v) is 5.04. The molecule has 0 aliphatic carbocycles. The van der Waals surface area contributed by atoms with Crippen LogP contribution < -0.4 is 4.72 Å². The van der Waals surface area contributed by atoms with Crippen LogP contribution in [0.2, 0.25) is 0 Å². The molecule has 2 aromatic rings. The van der Waals surface area contributed by atoms with Crippen molar-refractivity contribution in [1.82, 2.24) is 9.88 Å². The molecule has 0 fully saturated rings. The van der Waals surface area contributed by atoms with Gasteiger partial charge in [-0.3, -0.25) is 0 Å². The molecule has 92 valence electrons. The Hall–Kier alpha value is -1.18. The Morgan fingerprint density at radius 3 is 2.88 bits per heavy atom. The maximum Gasteiger partial charge on any atom is 0.241 e. The van der Waals surface area contributed by atoms with Gasteiger partial charge in [-0.2, -0.15) is 0 Å². The molecule has 17 heavy (non-hydrogen) atoms. The van der Waals surface area contributed by atoms with Gasteiger partial charge in [0.1, 0.15) is 0 Å². The summed E-state index contributed by atoms with van der Waals surface area (Å²) in [5.74, 6) is 0.580. The SMILES string of the molecule is CCNS(=O)(=O)c1cc(-c2ccno2)sc1C. The summed E-state index contributed by atoms with van der Waals surface area (Å²) in [5, 5.41) is 3.60. The van der Waals surface area contributed by atoms with Crippen molar-refractivity contribution in [2.75, 3.05) is 6.54 Å². The monoisotopic (exact) mass is 272 g/mol. The van der Waals surface area contributed by atoms with Crippen LogP contribution >= 0.6 is 11.3 Å². The van der Waals surface area contributed by atoms with Gasteiger partial charge in [0, 0.05) is 17.5 Å². The molecule has 2 aromatic heterocycles. The molecule has 0 aromatic carbocycles. The fourth-order valence-corrected chi connectivity index (χ4v) is 4.05. The van der Waals surface area contributed by atoms with Gasteiger partial charge in [0.15, 0.2) is 5.76 Å². The van der Waals surface area contributed by atoms with E-state index in [2.05, 4.69) is 9.88 Å². The molecule has 0 amide bonds. The zero-order valence-corrected chi connectivity index (χ0v) is 11.1. The molecule has 5 nitrogen and oxygen atoms in total. The molecule has 0 aliphatic rings. The summed E-state index contributed by atoms with van der Waals surface area (Å²) in [5.41, 5.74) is 0. The molecule has 0 unspecified atom stereocenters. The van der Waals surface area contributed by atoms with Crippen LogP contribution in [0, 0.1) is 6.92 Å². The molecule has 0 aliphatic heterocycles. The van der Waals surface area contributed by atoms with Crippen molar-refractivity contribution in [3.8, 4) is 10.6 Å². The van der Waals surface area contributed by atoms with E-state index in [1.807, 2.05) is 0 Å². The second-order valence-corrected chi connectivity index (χ2v) is 6.40. The lowest BCUT2D eigenvalue weighted by Crippen LogP contribution is -2.23. The maximum absolute atomic E-state index is 11.9. The number of aromatic nitrogens is 1. The topological polar surface area (TPSA) is 72.2 Å². The van der Waals surface area contributed by atoms with E-state index in [1.54, 1.807) is 26.0 Å². The van der Waals surface area contributed by atoms with Crippen LogP contribution in [0.1, 0.15) is 11.8 Å². The predicted molar refractivity (Wildman–Crippen MR) is 65.4 cm³/mol. The lowest BCUT2D eigenvalue weighted by molar-refractivity contribution is 0.433. The fraction of sp³-hybridized carbons (Fsp3) is 0.300. The van der Waals surface area contributed by atoms with Crippen molar-refractivity contribution in [3.63, 3.8) is 0 Å². The average molecular weight is 272 g/mol. The Labute approximate surface area is 103 Å². The van der Waals surface area contributed by atoms with Crippen molar-refractivity contribution in [1.29, 1.82) is 0 Å². The lowest BCUT2D eigenvalue weighted by Gasteiger charge is -2.02. The Morgan fingerprint density at radius 1 is 1.53 bits per heavy atom. The molecular formula is C10H12N2O3S2. The van der Waals surface area contributed by atoms with E-state index in [9.17, 15) is 8.42 Å². The summed E-state index contributed by atoms with van der Waals surface area (Å²) in [6.07, 6.45) is 1.53. The average Bonchev–Trinajstić information content (AvgIpc) is 2.85. The van der Waals surface area contributed by atoms with Crippen molar-refractivity contribution >= 4 is 21.4 Å². The number of aryl methyl sites for hydroxylation is 1. The Balaban J connectivity index is 2.45. The first-order valence-electron chi connectivity index (χ1n) is 5.05. The Morgan fingerprint density at radius 2 is 2.29 bits per heavy atom. The van der Waals surface area contributed by atoms with Gasteiger partial charge in [0.05, 0.1) is 16.0 Å². The number of nitrogens with zero attached hydrogens (tertiary/aromatic N) is 1. The standard InChI is InChI=1S/C10H12N2O3S2/c1-3-12-17(13,14)10-6-9(16-7(10)2)8-4-5-11-15-8/h4-6,12H,3H2,1-2H3. The zero-order valence-electron chi connectivity index (χ0n) is 9.43. The van der Waals surface area contributed by atoms with Gasteiger partial charge in [-0.25, -0.2) is 13.1 Å². The van der Waals surface area contributed by atoms with Crippen LogP contribution in [0.5, 0.6) is 0 Å². The third kappa shape index (κ3) is 2.41. The van der Waals surface area contributed by atoms with Crippen molar-refractivity contribution in [2.24, 2.45) is 0 Å². The minimum Gasteiger partial charge on any atom is -0.355 e. The van der Waals surface area contributed by atoms with E-state index in [0.717, 1.165) is 9.75 Å². The minimum absolute atomic E-state index is 0.302. The zero-order chi connectivity index (χ0) is 12.5. The molecule has 0 bridgehead atoms. The first kappa shape index (κ1) is 12.3. The molecule has 0 atom stereocenters. The molecule has 7 heteroatoms. The number of sulfonamides is 1. The van der Waals surface area contributed by atoms with Gasteiger partial charge in [-0.05, 0) is 13.0 Å². The molecule has 1 N–H and O–H groups in total. The first-order chi connectivity index (χ1) is 8.04. The highest BCUT2D eigenvalue weighted by Gasteiger charge is 2.20. The first-order valence-corrected chi connectivity index (χ1v) is 7.35. The highest BCUT2D eigenvalue weighted by atomic mass is 32.2. The Bertz CT molecular complexity index is 600. The smallest absolute Gasteiger partial charge is 0.241 e. The van der Waals surface area contributed by atoms with Gasteiger partial charge in [0.2, 0.25) is 10.0 Å². The van der Waals surface area contributed by atoms with E-state index >= 15 is 0 Å². The third-order valence-electron chi connectivity index (χ3n) is 2.18. The normalized spacial score (nSPS) is 11.9. The molecular weight excluding hydrogens is 260 g/mol. The van der Waals surface area contributed by atoms with Crippen LogP contribution in [-0.2, 0) is 10.0 Å². The van der Waals surface area contributed by atoms with E-state index < -0.39 is 10.0 Å². The summed E-state index contributed by atoms with van der Waals surface area (Å²) >= 11 is 1.37. The van der Waals surface area contributed by atoms with Crippen molar-refractivity contribution < 1.29 is 12.9 Å². The second-order valence-electron chi connectivity index (χ2n) is 3.41. The van der Waals surface area contributed by atoms with Gasteiger partial charge >= 0.3 is 0 Å². The van der Waals surface area contributed by atoms with Crippen LogP contribution in [0.4, 0.5) is 0 Å². The van der Waals surface area contributed by atoms with E-state index in [4.69, 9.17) is 4.52 Å². The quantitative estimate of drug-likeness (QED) is 0.924. The van der Waals surface area contributed by atoms with Crippen LogP contribution in [0.15, 0.2) is 27.7 Å². The van der Waals surface area contributed by atoms with Gasteiger partial charge in [-0.15, -0.1) is 11.3 Å². The largest absolute Gasteiger partial charge is 0.355 e. The number of nitrogens with one attached hydrogen (secondary N) is 1. The molecule has 0 spiro atoms. The van der Waals surface area contributed by atoms with Gasteiger partial charge in [0.25, 0.3) is 0 Å². The summed E-state index contributed by atoms with van der Waals surface area (Å²) < 4.78 is 31.2. The van der Waals surface area contributed by atoms with Crippen LogP contribution in [0.3, 0.4) is 0 Å². The molecule has 2 rings (SSSR count). The molecule has 0 saturated heterocycles. The van der Waals surface area contributed by atoms with E-state index in [1.165, 1.54) is 17.5 Å². The minimum atomic E-state index is -3.41. The maximum atomic E-state index is 11.9. The summed E-state index contributed by atoms with van der Waals surface area (Å²) in [6, 6.07) is 3.31. The van der Waals surface area contributed by atoms with Crippen molar-refractivity contribution in [2.45, 2.75) is 18.7 Å². The molecule has 2 heterocycles. The highest BCUT2D eigenvalue weighted by molar-refractivity contribution is 7.89.